The molecule has 0 aromatic rings. The van der Waals surface area contributed by atoms with Crippen molar-refractivity contribution in [1.82, 2.24) is 10.2 Å². The van der Waals surface area contributed by atoms with Crippen LogP contribution in [0.4, 0.5) is 0 Å². The quantitative estimate of drug-likeness (QED) is 0.569. The molecule has 2 heterocycles. The van der Waals surface area contributed by atoms with Crippen molar-refractivity contribution in [3.63, 3.8) is 0 Å². The molecule has 4 rings (SSSR count). The molecular weight excluding hydrogens is 338 g/mol. The first-order valence-corrected chi connectivity index (χ1v) is 11.5. The Balaban J connectivity index is 1.12. The Morgan fingerprint density at radius 3 is 2.67 bits per heavy atom. The van der Waals surface area contributed by atoms with Gasteiger partial charge in [0, 0.05) is 33.3 Å². The summed E-state index contributed by atoms with van der Waals surface area (Å²) in [4.78, 5) is 6.95. The molecule has 4 aliphatic rings. The van der Waals surface area contributed by atoms with E-state index in [1.807, 2.05) is 7.05 Å². The number of hydrogen-bond donors (Lipinski definition) is 1. The molecule has 4 atom stereocenters. The number of nitrogens with zero attached hydrogens (tertiary/aromatic N) is 2. The van der Waals surface area contributed by atoms with Crippen LogP contribution >= 0.6 is 0 Å². The standard InChI is InChI=1S/C22H39N3O2/c1-23-22(24-10-7-19-15-17-5-6-18(19)14-17)25-11-8-20(9-12-25)27-16-21-4-2-3-13-26-21/h17-21H,2-16H2,1H3,(H,23,24). The van der Waals surface area contributed by atoms with Gasteiger partial charge < -0.3 is 19.7 Å². The summed E-state index contributed by atoms with van der Waals surface area (Å²) >= 11 is 0. The summed E-state index contributed by atoms with van der Waals surface area (Å²) in [6.45, 7) is 4.86. The zero-order valence-corrected chi connectivity index (χ0v) is 17.2. The molecule has 0 aromatic carbocycles. The van der Waals surface area contributed by atoms with Crippen molar-refractivity contribution in [3.05, 3.63) is 0 Å². The predicted molar refractivity (Wildman–Crippen MR) is 109 cm³/mol. The average Bonchev–Trinajstić information content (AvgIpc) is 3.34. The number of piperidine rings is 1. The van der Waals surface area contributed by atoms with E-state index in [0.29, 0.717) is 12.2 Å². The van der Waals surface area contributed by atoms with Crippen molar-refractivity contribution in [3.8, 4) is 0 Å². The number of likely N-dealkylation sites (tertiary alicyclic amines) is 1. The van der Waals surface area contributed by atoms with Gasteiger partial charge in [-0.05, 0) is 75.5 Å². The van der Waals surface area contributed by atoms with Gasteiger partial charge >= 0.3 is 0 Å². The smallest absolute Gasteiger partial charge is 0.193 e. The van der Waals surface area contributed by atoms with Gasteiger partial charge in [0.1, 0.15) is 0 Å². The first-order valence-electron chi connectivity index (χ1n) is 11.5. The van der Waals surface area contributed by atoms with E-state index >= 15 is 0 Å². The number of rotatable bonds is 6. The van der Waals surface area contributed by atoms with E-state index in [4.69, 9.17) is 9.47 Å². The van der Waals surface area contributed by atoms with Gasteiger partial charge in [0.15, 0.2) is 5.96 Å². The summed E-state index contributed by atoms with van der Waals surface area (Å²) in [5, 5.41) is 3.64. The van der Waals surface area contributed by atoms with Crippen molar-refractivity contribution in [2.24, 2.45) is 22.7 Å². The molecule has 0 aromatic heterocycles. The molecule has 2 bridgehead atoms. The van der Waals surface area contributed by atoms with E-state index < -0.39 is 0 Å². The summed E-state index contributed by atoms with van der Waals surface area (Å²) < 4.78 is 11.9. The number of nitrogens with one attached hydrogen (secondary N) is 1. The molecule has 2 saturated heterocycles. The predicted octanol–water partition coefficient (Wildman–Crippen LogP) is 3.44. The molecule has 4 fully saturated rings. The van der Waals surface area contributed by atoms with Crippen LogP contribution in [0.15, 0.2) is 4.99 Å². The summed E-state index contributed by atoms with van der Waals surface area (Å²) in [6, 6.07) is 0. The highest BCUT2D eigenvalue weighted by atomic mass is 16.5. The van der Waals surface area contributed by atoms with Crippen LogP contribution in [0.3, 0.4) is 0 Å². The van der Waals surface area contributed by atoms with E-state index in [1.54, 1.807) is 0 Å². The zero-order chi connectivity index (χ0) is 18.5. The second-order valence-corrected chi connectivity index (χ2v) is 9.21. The first-order chi connectivity index (χ1) is 13.3. The molecular formula is C22H39N3O2. The Labute approximate surface area is 165 Å². The maximum Gasteiger partial charge on any atom is 0.193 e. The van der Waals surface area contributed by atoms with Crippen molar-refractivity contribution in [2.45, 2.75) is 76.4 Å². The Hall–Kier alpha value is -0.810. The topological polar surface area (TPSA) is 46.1 Å². The fourth-order valence-corrected chi connectivity index (χ4v) is 5.85. The van der Waals surface area contributed by atoms with E-state index in [-0.39, 0.29) is 0 Å². The van der Waals surface area contributed by atoms with Gasteiger partial charge in [0.25, 0.3) is 0 Å². The Bertz CT molecular complexity index is 484. The van der Waals surface area contributed by atoms with Crippen LogP contribution in [0, 0.1) is 17.8 Å². The molecule has 2 aliphatic carbocycles. The minimum atomic E-state index is 0.331. The fourth-order valence-electron chi connectivity index (χ4n) is 5.85. The Morgan fingerprint density at radius 1 is 1.11 bits per heavy atom. The highest BCUT2D eigenvalue weighted by molar-refractivity contribution is 5.79. The second-order valence-electron chi connectivity index (χ2n) is 9.21. The maximum absolute atomic E-state index is 6.15. The average molecular weight is 378 g/mol. The zero-order valence-electron chi connectivity index (χ0n) is 17.2. The van der Waals surface area contributed by atoms with Gasteiger partial charge in [0.2, 0.25) is 0 Å². The second kappa shape index (κ2) is 9.60. The fraction of sp³-hybridized carbons (Fsp3) is 0.955. The largest absolute Gasteiger partial charge is 0.376 e. The number of ether oxygens (including phenoxy) is 2. The van der Waals surface area contributed by atoms with Gasteiger partial charge in [-0.25, -0.2) is 0 Å². The summed E-state index contributed by atoms with van der Waals surface area (Å²) in [7, 11) is 1.92. The molecule has 4 unspecified atom stereocenters. The molecule has 0 radical (unpaired) electrons. The maximum atomic E-state index is 6.15. The SMILES string of the molecule is CN=C(NCCC1CC2CCC1C2)N1CCC(OCC2CCCCO2)CC1. The van der Waals surface area contributed by atoms with Gasteiger partial charge in [-0.3, -0.25) is 4.99 Å². The number of hydrogen-bond acceptors (Lipinski definition) is 3. The third-order valence-corrected chi connectivity index (χ3v) is 7.43. The summed E-state index contributed by atoms with van der Waals surface area (Å²) in [6.07, 6.45) is 13.9. The van der Waals surface area contributed by atoms with Crippen molar-refractivity contribution >= 4 is 5.96 Å². The molecule has 0 spiro atoms. The minimum Gasteiger partial charge on any atom is -0.376 e. The van der Waals surface area contributed by atoms with E-state index in [0.717, 1.165) is 75.8 Å². The van der Waals surface area contributed by atoms with Crippen LogP contribution in [0.1, 0.15) is 64.2 Å². The normalized spacial score (nSPS) is 35.0. The summed E-state index contributed by atoms with van der Waals surface area (Å²) in [5.41, 5.74) is 0. The molecule has 2 saturated carbocycles. The molecule has 5 nitrogen and oxygen atoms in total. The van der Waals surface area contributed by atoms with Crippen LogP contribution < -0.4 is 5.32 Å². The van der Waals surface area contributed by atoms with Crippen LogP contribution in [0.5, 0.6) is 0 Å². The lowest BCUT2D eigenvalue weighted by Crippen LogP contribution is -2.47. The van der Waals surface area contributed by atoms with Crippen LogP contribution in [-0.2, 0) is 9.47 Å². The van der Waals surface area contributed by atoms with Crippen molar-refractivity contribution in [2.75, 3.05) is 39.9 Å². The lowest BCUT2D eigenvalue weighted by atomic mass is 9.86. The number of guanidine groups is 1. The van der Waals surface area contributed by atoms with E-state index in [9.17, 15) is 0 Å². The van der Waals surface area contributed by atoms with Gasteiger partial charge in [-0.2, -0.15) is 0 Å². The summed E-state index contributed by atoms with van der Waals surface area (Å²) in [5.74, 6) is 4.14. The molecule has 5 heteroatoms. The number of fused-ring (bicyclic) bond motifs is 2. The Morgan fingerprint density at radius 2 is 2.00 bits per heavy atom. The lowest BCUT2D eigenvalue weighted by molar-refractivity contribution is -0.0721. The van der Waals surface area contributed by atoms with E-state index in [1.165, 1.54) is 44.9 Å². The van der Waals surface area contributed by atoms with Crippen molar-refractivity contribution < 1.29 is 9.47 Å². The Kier molecular flexibility index (Phi) is 6.93. The van der Waals surface area contributed by atoms with Crippen LogP contribution in [-0.4, -0.2) is 63.0 Å². The van der Waals surface area contributed by atoms with Crippen molar-refractivity contribution in [1.29, 1.82) is 0 Å². The highest BCUT2D eigenvalue weighted by Crippen LogP contribution is 2.49. The van der Waals surface area contributed by atoms with Gasteiger partial charge in [-0.1, -0.05) is 6.42 Å². The lowest BCUT2D eigenvalue weighted by Gasteiger charge is -2.35. The molecule has 1 N–H and O–H groups in total. The molecule has 2 aliphatic heterocycles. The molecule has 27 heavy (non-hydrogen) atoms. The van der Waals surface area contributed by atoms with Gasteiger partial charge in [0.05, 0.1) is 18.8 Å². The molecule has 154 valence electrons. The van der Waals surface area contributed by atoms with Crippen LogP contribution in [0.2, 0.25) is 0 Å². The first kappa shape index (κ1) is 19.5. The van der Waals surface area contributed by atoms with Gasteiger partial charge in [-0.15, -0.1) is 0 Å². The number of aliphatic imine (C=N–C) groups is 1. The highest BCUT2D eigenvalue weighted by Gasteiger charge is 2.38. The molecule has 0 amide bonds. The minimum absolute atomic E-state index is 0.331. The third kappa shape index (κ3) is 5.17. The third-order valence-electron chi connectivity index (χ3n) is 7.43. The monoisotopic (exact) mass is 377 g/mol. The van der Waals surface area contributed by atoms with E-state index in [2.05, 4.69) is 15.2 Å². The van der Waals surface area contributed by atoms with Crippen LogP contribution in [0.25, 0.3) is 0 Å².